The van der Waals surface area contributed by atoms with E-state index in [-0.39, 0.29) is 0 Å². The molecule has 0 radical (unpaired) electrons. The molecule has 1 aliphatic rings. The van der Waals surface area contributed by atoms with Crippen molar-refractivity contribution >= 4 is 0 Å². The molecule has 102 valence electrons. The van der Waals surface area contributed by atoms with Crippen LogP contribution < -0.4 is 0 Å². The standard InChI is InChI=1S/C17H24N2/c1-2-3-4-5-14-6-8-15(9-7-14)16-10-11-17(12-18)19-13-16/h10-11,13-15H,2-9H2,1H3. The SMILES string of the molecule is CCCCCC1CCC(c2ccc(C#N)nc2)CC1. The number of rotatable bonds is 5. The minimum absolute atomic E-state index is 0.525. The topological polar surface area (TPSA) is 36.7 Å². The van der Waals surface area contributed by atoms with Crippen LogP contribution in [0, 0.1) is 17.2 Å². The molecule has 2 nitrogen and oxygen atoms in total. The molecule has 1 aromatic rings. The minimum atomic E-state index is 0.525. The van der Waals surface area contributed by atoms with Gasteiger partial charge in [-0.1, -0.05) is 38.7 Å². The van der Waals surface area contributed by atoms with E-state index in [9.17, 15) is 0 Å². The Hall–Kier alpha value is -1.36. The smallest absolute Gasteiger partial charge is 0.140 e. The van der Waals surface area contributed by atoms with Gasteiger partial charge in [0.1, 0.15) is 11.8 Å². The monoisotopic (exact) mass is 256 g/mol. The molecule has 0 amide bonds. The van der Waals surface area contributed by atoms with Gasteiger partial charge in [-0.3, -0.25) is 0 Å². The summed E-state index contributed by atoms with van der Waals surface area (Å²) in [6, 6.07) is 6.02. The van der Waals surface area contributed by atoms with Crippen molar-refractivity contribution in [2.24, 2.45) is 5.92 Å². The van der Waals surface area contributed by atoms with Crippen LogP contribution in [0.5, 0.6) is 0 Å². The first-order valence-corrected chi connectivity index (χ1v) is 7.69. The number of hydrogen-bond donors (Lipinski definition) is 0. The Labute approximate surface area is 116 Å². The van der Waals surface area contributed by atoms with Crippen molar-refractivity contribution in [1.82, 2.24) is 4.98 Å². The molecule has 0 saturated heterocycles. The Morgan fingerprint density at radius 2 is 2.00 bits per heavy atom. The van der Waals surface area contributed by atoms with Crippen LogP contribution >= 0.6 is 0 Å². The molecule has 1 aromatic heterocycles. The van der Waals surface area contributed by atoms with Crippen LogP contribution in [0.4, 0.5) is 0 Å². The predicted molar refractivity (Wildman–Crippen MR) is 77.8 cm³/mol. The zero-order valence-electron chi connectivity index (χ0n) is 11.9. The van der Waals surface area contributed by atoms with Gasteiger partial charge in [-0.05, 0) is 49.1 Å². The maximum absolute atomic E-state index is 8.76. The lowest BCUT2D eigenvalue weighted by Crippen LogP contribution is -2.13. The van der Waals surface area contributed by atoms with Gasteiger partial charge in [-0.25, -0.2) is 4.98 Å². The van der Waals surface area contributed by atoms with Gasteiger partial charge in [0.15, 0.2) is 0 Å². The third kappa shape index (κ3) is 4.06. The van der Waals surface area contributed by atoms with Crippen LogP contribution in [0.1, 0.15) is 75.5 Å². The molecule has 1 fully saturated rings. The second-order valence-electron chi connectivity index (χ2n) is 5.80. The minimum Gasteiger partial charge on any atom is -0.245 e. The maximum Gasteiger partial charge on any atom is 0.140 e. The molecule has 1 saturated carbocycles. The largest absolute Gasteiger partial charge is 0.245 e. The van der Waals surface area contributed by atoms with Crippen molar-refractivity contribution in [3.05, 3.63) is 29.6 Å². The molecule has 2 rings (SSSR count). The molecule has 0 aliphatic heterocycles. The van der Waals surface area contributed by atoms with Crippen molar-refractivity contribution < 1.29 is 0 Å². The van der Waals surface area contributed by atoms with E-state index in [0.29, 0.717) is 11.6 Å². The summed E-state index contributed by atoms with van der Waals surface area (Å²) in [4.78, 5) is 4.19. The van der Waals surface area contributed by atoms with Crippen LogP contribution in [-0.2, 0) is 0 Å². The molecule has 0 N–H and O–H groups in total. The Morgan fingerprint density at radius 1 is 1.21 bits per heavy atom. The van der Waals surface area contributed by atoms with Gasteiger partial charge in [0, 0.05) is 6.20 Å². The number of nitriles is 1. The highest BCUT2D eigenvalue weighted by Crippen LogP contribution is 2.37. The Kier molecular flexibility index (Phi) is 5.39. The number of unbranched alkanes of at least 4 members (excludes halogenated alkanes) is 2. The molecular formula is C17H24N2. The molecule has 0 spiro atoms. The highest BCUT2D eigenvalue weighted by molar-refractivity contribution is 5.25. The van der Waals surface area contributed by atoms with Crippen LogP contribution in [0.3, 0.4) is 0 Å². The lowest BCUT2D eigenvalue weighted by molar-refractivity contribution is 0.302. The first-order chi connectivity index (χ1) is 9.33. The van der Waals surface area contributed by atoms with E-state index in [1.54, 1.807) is 0 Å². The summed E-state index contributed by atoms with van der Waals surface area (Å²) in [5.74, 6) is 1.62. The number of nitrogens with zero attached hydrogens (tertiary/aromatic N) is 2. The average Bonchev–Trinajstić information content (AvgIpc) is 2.48. The van der Waals surface area contributed by atoms with E-state index >= 15 is 0 Å². The third-order valence-electron chi connectivity index (χ3n) is 4.43. The van der Waals surface area contributed by atoms with Crippen molar-refractivity contribution in [3.8, 4) is 6.07 Å². The fourth-order valence-corrected chi connectivity index (χ4v) is 3.18. The second-order valence-corrected chi connectivity index (χ2v) is 5.80. The lowest BCUT2D eigenvalue weighted by Gasteiger charge is -2.28. The van der Waals surface area contributed by atoms with E-state index in [4.69, 9.17) is 5.26 Å². The summed E-state index contributed by atoms with van der Waals surface area (Å²) in [5, 5.41) is 8.76. The van der Waals surface area contributed by atoms with Gasteiger partial charge in [-0.2, -0.15) is 5.26 Å². The first kappa shape index (κ1) is 14.1. The number of hydrogen-bond acceptors (Lipinski definition) is 2. The van der Waals surface area contributed by atoms with E-state index in [2.05, 4.69) is 24.0 Å². The molecule has 0 aromatic carbocycles. The molecule has 2 heteroatoms. The number of aromatic nitrogens is 1. The highest BCUT2D eigenvalue weighted by Gasteiger charge is 2.22. The van der Waals surface area contributed by atoms with E-state index in [1.807, 2.05) is 12.3 Å². The van der Waals surface area contributed by atoms with E-state index in [1.165, 1.54) is 56.9 Å². The van der Waals surface area contributed by atoms with E-state index in [0.717, 1.165) is 5.92 Å². The highest BCUT2D eigenvalue weighted by atomic mass is 14.7. The van der Waals surface area contributed by atoms with Crippen molar-refractivity contribution in [2.75, 3.05) is 0 Å². The fourth-order valence-electron chi connectivity index (χ4n) is 3.18. The molecular weight excluding hydrogens is 232 g/mol. The third-order valence-corrected chi connectivity index (χ3v) is 4.43. The Morgan fingerprint density at radius 3 is 2.58 bits per heavy atom. The van der Waals surface area contributed by atoms with Gasteiger partial charge in [-0.15, -0.1) is 0 Å². The second kappa shape index (κ2) is 7.28. The zero-order valence-corrected chi connectivity index (χ0v) is 11.9. The Bertz CT molecular complexity index is 408. The summed E-state index contributed by atoms with van der Waals surface area (Å²) >= 11 is 0. The molecule has 1 heterocycles. The van der Waals surface area contributed by atoms with E-state index < -0.39 is 0 Å². The zero-order chi connectivity index (χ0) is 13.5. The normalized spacial score (nSPS) is 22.9. The molecule has 1 aliphatic carbocycles. The number of pyridine rings is 1. The average molecular weight is 256 g/mol. The molecule has 0 atom stereocenters. The van der Waals surface area contributed by atoms with Gasteiger partial charge >= 0.3 is 0 Å². The molecule has 19 heavy (non-hydrogen) atoms. The van der Waals surface area contributed by atoms with Crippen LogP contribution in [0.25, 0.3) is 0 Å². The molecule has 0 unspecified atom stereocenters. The summed E-state index contributed by atoms with van der Waals surface area (Å²) in [7, 11) is 0. The maximum atomic E-state index is 8.76. The van der Waals surface area contributed by atoms with Crippen LogP contribution in [-0.4, -0.2) is 4.98 Å². The lowest BCUT2D eigenvalue weighted by atomic mass is 9.77. The summed E-state index contributed by atoms with van der Waals surface area (Å²) in [6.45, 7) is 2.27. The molecule has 0 bridgehead atoms. The fraction of sp³-hybridized carbons (Fsp3) is 0.647. The van der Waals surface area contributed by atoms with Crippen LogP contribution in [0.15, 0.2) is 18.3 Å². The predicted octanol–water partition coefficient (Wildman–Crippen LogP) is 4.81. The van der Waals surface area contributed by atoms with Gasteiger partial charge < -0.3 is 0 Å². The van der Waals surface area contributed by atoms with Crippen molar-refractivity contribution in [3.63, 3.8) is 0 Å². The van der Waals surface area contributed by atoms with Gasteiger partial charge in [0.2, 0.25) is 0 Å². The Balaban J connectivity index is 1.80. The van der Waals surface area contributed by atoms with Crippen molar-refractivity contribution in [1.29, 1.82) is 5.26 Å². The van der Waals surface area contributed by atoms with Crippen molar-refractivity contribution in [2.45, 2.75) is 64.2 Å². The van der Waals surface area contributed by atoms with Crippen LogP contribution in [0.2, 0.25) is 0 Å². The first-order valence-electron chi connectivity index (χ1n) is 7.69. The van der Waals surface area contributed by atoms with Gasteiger partial charge in [0.05, 0.1) is 0 Å². The van der Waals surface area contributed by atoms with Gasteiger partial charge in [0.25, 0.3) is 0 Å². The summed E-state index contributed by atoms with van der Waals surface area (Å²) in [6.07, 6.45) is 12.8. The summed E-state index contributed by atoms with van der Waals surface area (Å²) in [5.41, 5.74) is 1.85. The quantitative estimate of drug-likeness (QED) is 0.709. The summed E-state index contributed by atoms with van der Waals surface area (Å²) < 4.78 is 0.